The molecule has 1 aromatic carbocycles. The first kappa shape index (κ1) is 19.5. The summed E-state index contributed by atoms with van der Waals surface area (Å²) in [6.45, 7) is 5.58. The van der Waals surface area contributed by atoms with E-state index in [9.17, 15) is 4.79 Å². The van der Waals surface area contributed by atoms with Crippen LogP contribution in [0.3, 0.4) is 0 Å². The molecule has 0 aliphatic carbocycles. The van der Waals surface area contributed by atoms with E-state index in [-0.39, 0.29) is 18.6 Å². The van der Waals surface area contributed by atoms with Crippen LogP contribution >= 0.6 is 11.6 Å². The van der Waals surface area contributed by atoms with Crippen molar-refractivity contribution in [2.75, 3.05) is 19.7 Å². The Morgan fingerprint density at radius 3 is 2.78 bits per heavy atom. The minimum Gasteiger partial charge on any atom is -0.487 e. The second-order valence-electron chi connectivity index (χ2n) is 7.04. The number of hydrogen-bond acceptors (Lipinski definition) is 4. The van der Waals surface area contributed by atoms with E-state index in [0.29, 0.717) is 29.0 Å². The molecule has 1 aromatic heterocycles. The number of pyridine rings is 1. The molecular weight excluding hydrogens is 364 g/mol. The first-order valence-electron chi connectivity index (χ1n) is 9.29. The molecule has 6 heteroatoms. The number of benzene rings is 1. The number of nitrogens with zero attached hydrogens (tertiary/aromatic N) is 2. The molecule has 27 heavy (non-hydrogen) atoms. The molecule has 5 nitrogen and oxygen atoms in total. The summed E-state index contributed by atoms with van der Waals surface area (Å²) >= 11 is 6.10. The molecule has 1 unspecified atom stereocenters. The molecule has 1 amide bonds. The third-order valence-corrected chi connectivity index (χ3v) is 4.95. The van der Waals surface area contributed by atoms with Crippen molar-refractivity contribution in [3.63, 3.8) is 0 Å². The molecule has 1 atom stereocenters. The molecule has 1 fully saturated rings. The standard InChI is InChI=1S/C21H25ClN2O3/c1-15(2)16-5-7-17(8-6-16)26-14-21(25)24-11-3-4-18(13-24)27-20-9-10-23-12-19(20)22/h5-10,12,15,18H,3-4,11,13-14H2,1-2H3. The summed E-state index contributed by atoms with van der Waals surface area (Å²) in [6.07, 6.45) is 4.90. The van der Waals surface area contributed by atoms with Gasteiger partial charge < -0.3 is 14.4 Å². The minimum atomic E-state index is -0.0760. The molecule has 0 radical (unpaired) electrons. The van der Waals surface area contributed by atoms with E-state index < -0.39 is 0 Å². The van der Waals surface area contributed by atoms with Gasteiger partial charge in [-0.25, -0.2) is 0 Å². The monoisotopic (exact) mass is 388 g/mol. The Balaban J connectivity index is 1.51. The Morgan fingerprint density at radius 2 is 2.07 bits per heavy atom. The molecule has 144 valence electrons. The fourth-order valence-electron chi connectivity index (χ4n) is 3.08. The molecular formula is C21H25ClN2O3. The van der Waals surface area contributed by atoms with E-state index in [1.54, 1.807) is 23.4 Å². The summed E-state index contributed by atoms with van der Waals surface area (Å²) in [5.41, 5.74) is 1.25. The van der Waals surface area contributed by atoms with Crippen LogP contribution in [0.25, 0.3) is 0 Å². The predicted octanol–water partition coefficient (Wildman–Crippen LogP) is 4.31. The minimum absolute atomic E-state index is 0.0305. The van der Waals surface area contributed by atoms with E-state index in [0.717, 1.165) is 19.4 Å². The molecule has 1 aliphatic rings. The summed E-state index contributed by atoms with van der Waals surface area (Å²) in [4.78, 5) is 18.3. The van der Waals surface area contributed by atoms with Gasteiger partial charge in [0.1, 0.15) is 22.6 Å². The van der Waals surface area contributed by atoms with Gasteiger partial charge in [0, 0.05) is 25.0 Å². The lowest BCUT2D eigenvalue weighted by Crippen LogP contribution is -2.46. The van der Waals surface area contributed by atoms with Crippen molar-refractivity contribution in [2.24, 2.45) is 0 Å². The predicted molar refractivity (Wildman–Crippen MR) is 106 cm³/mol. The number of amides is 1. The van der Waals surface area contributed by atoms with Gasteiger partial charge in [-0.3, -0.25) is 9.78 Å². The van der Waals surface area contributed by atoms with Gasteiger partial charge in [0.05, 0.1) is 6.54 Å². The maximum absolute atomic E-state index is 12.5. The van der Waals surface area contributed by atoms with Crippen molar-refractivity contribution in [2.45, 2.75) is 38.7 Å². The van der Waals surface area contributed by atoms with Gasteiger partial charge in [-0.1, -0.05) is 37.6 Å². The highest BCUT2D eigenvalue weighted by Crippen LogP contribution is 2.25. The Kier molecular flexibility index (Phi) is 6.56. The van der Waals surface area contributed by atoms with E-state index in [2.05, 4.69) is 18.8 Å². The van der Waals surface area contributed by atoms with Crippen LogP contribution in [0.15, 0.2) is 42.7 Å². The molecule has 1 saturated heterocycles. The number of hydrogen-bond donors (Lipinski definition) is 0. The number of ether oxygens (including phenoxy) is 2. The van der Waals surface area contributed by atoms with E-state index in [1.807, 2.05) is 24.3 Å². The molecule has 0 N–H and O–H groups in total. The maximum atomic E-state index is 12.5. The van der Waals surface area contributed by atoms with Crippen LogP contribution < -0.4 is 9.47 Å². The maximum Gasteiger partial charge on any atom is 0.260 e. The number of halogens is 1. The van der Waals surface area contributed by atoms with Crippen LogP contribution in [0, 0.1) is 0 Å². The van der Waals surface area contributed by atoms with Crippen molar-refractivity contribution >= 4 is 17.5 Å². The van der Waals surface area contributed by atoms with Crippen molar-refractivity contribution in [3.05, 3.63) is 53.3 Å². The largest absolute Gasteiger partial charge is 0.487 e. The normalized spacial score (nSPS) is 17.0. The van der Waals surface area contributed by atoms with Crippen LogP contribution in [0.1, 0.15) is 38.2 Å². The number of aromatic nitrogens is 1. The average Bonchev–Trinajstić information content (AvgIpc) is 2.68. The van der Waals surface area contributed by atoms with E-state index in [4.69, 9.17) is 21.1 Å². The number of rotatable bonds is 6. The fraction of sp³-hybridized carbons (Fsp3) is 0.429. The van der Waals surface area contributed by atoms with Gasteiger partial charge in [-0.05, 0) is 36.5 Å². The molecule has 0 spiro atoms. The van der Waals surface area contributed by atoms with Crippen molar-refractivity contribution < 1.29 is 14.3 Å². The lowest BCUT2D eigenvalue weighted by atomic mass is 10.0. The van der Waals surface area contributed by atoms with E-state index >= 15 is 0 Å². The van der Waals surface area contributed by atoms with Crippen LogP contribution in [0.2, 0.25) is 5.02 Å². The van der Waals surface area contributed by atoms with Gasteiger partial charge in [0.15, 0.2) is 6.61 Å². The summed E-state index contributed by atoms with van der Waals surface area (Å²) in [5.74, 6) is 1.76. The number of carbonyl (C=O) groups excluding carboxylic acids is 1. The molecule has 3 rings (SSSR count). The second kappa shape index (κ2) is 9.09. The molecule has 0 bridgehead atoms. The molecule has 2 aromatic rings. The number of likely N-dealkylation sites (tertiary alicyclic amines) is 1. The average molecular weight is 389 g/mol. The summed E-state index contributed by atoms with van der Waals surface area (Å²) in [5, 5.41) is 0.481. The third kappa shape index (κ3) is 5.36. The number of carbonyl (C=O) groups is 1. The molecule has 0 saturated carbocycles. The zero-order valence-corrected chi connectivity index (χ0v) is 16.5. The lowest BCUT2D eigenvalue weighted by Gasteiger charge is -2.33. The Labute approximate surface area is 165 Å². The van der Waals surface area contributed by atoms with Gasteiger partial charge in [0.2, 0.25) is 0 Å². The van der Waals surface area contributed by atoms with Crippen LogP contribution in [0.4, 0.5) is 0 Å². The van der Waals surface area contributed by atoms with Crippen LogP contribution in [-0.2, 0) is 4.79 Å². The van der Waals surface area contributed by atoms with Crippen molar-refractivity contribution in [3.8, 4) is 11.5 Å². The highest BCUT2D eigenvalue weighted by atomic mass is 35.5. The Bertz CT molecular complexity index is 764. The Hall–Kier alpha value is -2.27. The van der Waals surface area contributed by atoms with Crippen LogP contribution in [-0.4, -0.2) is 41.6 Å². The quantitative estimate of drug-likeness (QED) is 0.740. The summed E-state index contributed by atoms with van der Waals surface area (Å²) in [7, 11) is 0. The first-order chi connectivity index (χ1) is 13.0. The summed E-state index contributed by atoms with van der Waals surface area (Å²) < 4.78 is 11.6. The zero-order chi connectivity index (χ0) is 19.2. The topological polar surface area (TPSA) is 51.7 Å². The second-order valence-corrected chi connectivity index (χ2v) is 7.45. The lowest BCUT2D eigenvalue weighted by molar-refractivity contribution is -0.136. The molecule has 1 aliphatic heterocycles. The fourth-order valence-corrected chi connectivity index (χ4v) is 3.25. The highest BCUT2D eigenvalue weighted by molar-refractivity contribution is 6.31. The molecule has 2 heterocycles. The van der Waals surface area contributed by atoms with Crippen molar-refractivity contribution in [1.82, 2.24) is 9.88 Å². The van der Waals surface area contributed by atoms with E-state index in [1.165, 1.54) is 5.56 Å². The van der Waals surface area contributed by atoms with Gasteiger partial charge in [-0.2, -0.15) is 0 Å². The first-order valence-corrected chi connectivity index (χ1v) is 9.67. The SMILES string of the molecule is CC(C)c1ccc(OCC(=O)N2CCCC(Oc3ccncc3Cl)C2)cc1. The highest BCUT2D eigenvalue weighted by Gasteiger charge is 2.25. The van der Waals surface area contributed by atoms with Crippen molar-refractivity contribution in [1.29, 1.82) is 0 Å². The zero-order valence-electron chi connectivity index (χ0n) is 15.7. The van der Waals surface area contributed by atoms with Gasteiger partial charge >= 0.3 is 0 Å². The Morgan fingerprint density at radius 1 is 1.30 bits per heavy atom. The smallest absolute Gasteiger partial charge is 0.260 e. The van der Waals surface area contributed by atoms with Gasteiger partial charge in [-0.15, -0.1) is 0 Å². The summed E-state index contributed by atoms with van der Waals surface area (Å²) in [6, 6.07) is 9.64. The van der Waals surface area contributed by atoms with Gasteiger partial charge in [0.25, 0.3) is 5.91 Å². The third-order valence-electron chi connectivity index (χ3n) is 4.67. The van der Waals surface area contributed by atoms with Crippen LogP contribution in [0.5, 0.6) is 11.5 Å². The number of piperidine rings is 1.